The van der Waals surface area contributed by atoms with Crippen molar-refractivity contribution in [3.8, 4) is 5.69 Å². The molecule has 0 radical (unpaired) electrons. The Morgan fingerprint density at radius 1 is 1.19 bits per heavy atom. The molecule has 8 nitrogen and oxygen atoms in total. The number of pyridine rings is 1. The average molecular weight is 364 g/mol. The molecule has 1 atom stereocenters. The topological polar surface area (TPSA) is 110 Å². The molecule has 1 aliphatic rings. The number of carbonyl (C=O) groups is 1. The molecule has 1 fully saturated rings. The number of H-pyrrole nitrogens is 1. The summed E-state index contributed by atoms with van der Waals surface area (Å²) >= 11 is 0. The molecule has 2 aromatic heterocycles. The molecule has 0 bridgehead atoms. The summed E-state index contributed by atoms with van der Waals surface area (Å²) in [4.78, 5) is 30.0. The van der Waals surface area contributed by atoms with Crippen LogP contribution in [0.2, 0.25) is 0 Å². The molecule has 0 spiro atoms. The molecular formula is C19H20N6O2. The van der Waals surface area contributed by atoms with E-state index in [1.54, 1.807) is 16.7 Å². The summed E-state index contributed by atoms with van der Waals surface area (Å²) in [5.41, 5.74) is 6.22. The van der Waals surface area contributed by atoms with Crippen LogP contribution in [0.1, 0.15) is 34.9 Å². The Morgan fingerprint density at radius 2 is 2.00 bits per heavy atom. The number of anilines is 1. The number of rotatable bonds is 4. The molecular weight excluding hydrogens is 344 g/mol. The number of piperidine rings is 1. The van der Waals surface area contributed by atoms with Gasteiger partial charge in [0.1, 0.15) is 11.6 Å². The zero-order valence-corrected chi connectivity index (χ0v) is 14.7. The number of hydrogen-bond donors (Lipinski definition) is 2. The molecule has 138 valence electrons. The van der Waals surface area contributed by atoms with Crippen LogP contribution in [0.5, 0.6) is 0 Å². The Balaban J connectivity index is 1.61. The highest BCUT2D eigenvalue weighted by atomic mass is 16.2. The number of nitrogens with zero attached hydrogens (tertiary/aromatic N) is 4. The lowest BCUT2D eigenvalue weighted by atomic mass is 9.97. The van der Waals surface area contributed by atoms with E-state index >= 15 is 0 Å². The van der Waals surface area contributed by atoms with Crippen molar-refractivity contribution >= 4 is 11.7 Å². The number of carbonyl (C=O) groups excluding carboxylic acids is 1. The third kappa shape index (κ3) is 3.33. The summed E-state index contributed by atoms with van der Waals surface area (Å²) in [6, 6.07) is 13.0. The molecule has 1 amide bonds. The average Bonchev–Trinajstić information content (AvgIpc) is 3.10. The van der Waals surface area contributed by atoms with Gasteiger partial charge in [0.25, 0.3) is 0 Å². The fourth-order valence-electron chi connectivity index (χ4n) is 3.52. The van der Waals surface area contributed by atoms with Gasteiger partial charge in [0, 0.05) is 25.2 Å². The molecule has 0 saturated carbocycles. The molecule has 3 N–H and O–H groups in total. The van der Waals surface area contributed by atoms with Gasteiger partial charge in [0.2, 0.25) is 5.91 Å². The van der Waals surface area contributed by atoms with Crippen molar-refractivity contribution in [3.63, 3.8) is 0 Å². The molecule has 1 aliphatic heterocycles. The Morgan fingerprint density at radius 3 is 2.70 bits per heavy atom. The number of para-hydroxylation sites is 1. The number of aromatic nitrogens is 4. The van der Waals surface area contributed by atoms with Gasteiger partial charge in [0.15, 0.2) is 0 Å². The molecule has 1 saturated heterocycles. The molecule has 3 aromatic rings. The van der Waals surface area contributed by atoms with E-state index < -0.39 is 5.91 Å². The minimum atomic E-state index is -0.492. The van der Waals surface area contributed by atoms with Crippen LogP contribution in [0, 0.1) is 0 Å². The van der Waals surface area contributed by atoms with Crippen molar-refractivity contribution in [1.29, 1.82) is 0 Å². The predicted octanol–water partition coefficient (Wildman–Crippen LogP) is 1.44. The number of nitrogens with two attached hydrogens (primary N) is 1. The number of aromatic amines is 1. The third-order valence-electron chi connectivity index (χ3n) is 4.86. The first kappa shape index (κ1) is 17.0. The van der Waals surface area contributed by atoms with E-state index in [1.165, 1.54) is 6.20 Å². The minimum absolute atomic E-state index is 0.0931. The van der Waals surface area contributed by atoms with E-state index in [1.807, 2.05) is 30.3 Å². The maximum absolute atomic E-state index is 12.3. The van der Waals surface area contributed by atoms with Crippen LogP contribution in [0.15, 0.2) is 53.5 Å². The molecule has 0 unspecified atom stereocenters. The van der Waals surface area contributed by atoms with E-state index in [0.717, 1.165) is 36.7 Å². The highest BCUT2D eigenvalue weighted by Crippen LogP contribution is 2.28. The van der Waals surface area contributed by atoms with E-state index in [2.05, 4.69) is 20.1 Å². The number of hydrogen-bond acceptors (Lipinski definition) is 5. The highest BCUT2D eigenvalue weighted by Gasteiger charge is 2.27. The summed E-state index contributed by atoms with van der Waals surface area (Å²) in [6.07, 6.45) is 3.39. The zero-order chi connectivity index (χ0) is 18.8. The Kier molecular flexibility index (Phi) is 4.45. The SMILES string of the molecule is NC(=O)c1ccc(N2CCC[C@@H](c3n[nH]c(=O)n3-c3ccccc3)C2)nc1. The van der Waals surface area contributed by atoms with Crippen LogP contribution in [-0.2, 0) is 0 Å². The van der Waals surface area contributed by atoms with Gasteiger partial charge >= 0.3 is 5.69 Å². The summed E-state index contributed by atoms with van der Waals surface area (Å²) in [5, 5.41) is 6.88. The molecule has 3 heterocycles. The van der Waals surface area contributed by atoms with Crippen LogP contribution >= 0.6 is 0 Å². The van der Waals surface area contributed by atoms with Gasteiger partial charge in [-0.2, -0.15) is 5.10 Å². The normalized spacial score (nSPS) is 17.0. The molecule has 0 aliphatic carbocycles. The summed E-state index contributed by atoms with van der Waals surface area (Å²) < 4.78 is 1.64. The quantitative estimate of drug-likeness (QED) is 0.728. The van der Waals surface area contributed by atoms with Gasteiger partial charge in [-0.15, -0.1) is 0 Å². The maximum Gasteiger partial charge on any atom is 0.347 e. The smallest absolute Gasteiger partial charge is 0.347 e. The monoisotopic (exact) mass is 364 g/mol. The highest BCUT2D eigenvalue weighted by molar-refractivity contribution is 5.92. The molecule has 4 rings (SSSR count). The Labute approximate surface area is 155 Å². The van der Waals surface area contributed by atoms with E-state index in [4.69, 9.17) is 5.73 Å². The van der Waals surface area contributed by atoms with Gasteiger partial charge in [-0.3, -0.25) is 4.79 Å². The zero-order valence-electron chi connectivity index (χ0n) is 14.7. The van der Waals surface area contributed by atoms with Gasteiger partial charge in [-0.1, -0.05) is 18.2 Å². The lowest BCUT2D eigenvalue weighted by Gasteiger charge is -2.33. The molecule has 8 heteroatoms. The Hall–Kier alpha value is -3.42. The predicted molar refractivity (Wildman–Crippen MR) is 101 cm³/mol. The second-order valence-corrected chi connectivity index (χ2v) is 6.61. The van der Waals surface area contributed by atoms with Crippen LogP contribution in [0.4, 0.5) is 5.82 Å². The molecule has 1 aromatic carbocycles. The van der Waals surface area contributed by atoms with Gasteiger partial charge in [-0.05, 0) is 37.1 Å². The number of amides is 1. The Bertz CT molecular complexity index is 993. The van der Waals surface area contributed by atoms with Crippen LogP contribution in [0.3, 0.4) is 0 Å². The minimum Gasteiger partial charge on any atom is -0.366 e. The first-order chi connectivity index (χ1) is 13.1. The number of benzene rings is 1. The van der Waals surface area contributed by atoms with Crippen LogP contribution in [0.25, 0.3) is 5.69 Å². The van der Waals surface area contributed by atoms with Gasteiger partial charge < -0.3 is 10.6 Å². The van der Waals surface area contributed by atoms with Crippen molar-refractivity contribution in [3.05, 3.63) is 70.5 Å². The lowest BCUT2D eigenvalue weighted by Crippen LogP contribution is -2.36. The fourth-order valence-corrected chi connectivity index (χ4v) is 3.52. The summed E-state index contributed by atoms with van der Waals surface area (Å²) in [7, 11) is 0. The van der Waals surface area contributed by atoms with Crippen molar-refractivity contribution in [1.82, 2.24) is 19.7 Å². The number of primary amides is 1. The van der Waals surface area contributed by atoms with Gasteiger partial charge in [-0.25, -0.2) is 19.4 Å². The maximum atomic E-state index is 12.3. The summed E-state index contributed by atoms with van der Waals surface area (Å²) in [6.45, 7) is 1.56. The second-order valence-electron chi connectivity index (χ2n) is 6.61. The van der Waals surface area contributed by atoms with E-state index in [9.17, 15) is 9.59 Å². The largest absolute Gasteiger partial charge is 0.366 e. The van der Waals surface area contributed by atoms with E-state index in [0.29, 0.717) is 12.1 Å². The third-order valence-corrected chi connectivity index (χ3v) is 4.86. The first-order valence-corrected chi connectivity index (χ1v) is 8.87. The van der Waals surface area contributed by atoms with Crippen molar-refractivity contribution in [2.45, 2.75) is 18.8 Å². The van der Waals surface area contributed by atoms with Crippen LogP contribution in [-0.4, -0.2) is 38.7 Å². The van der Waals surface area contributed by atoms with Crippen molar-refractivity contribution < 1.29 is 4.79 Å². The van der Waals surface area contributed by atoms with Crippen molar-refractivity contribution in [2.24, 2.45) is 5.73 Å². The first-order valence-electron chi connectivity index (χ1n) is 8.87. The molecule has 27 heavy (non-hydrogen) atoms. The van der Waals surface area contributed by atoms with Crippen LogP contribution < -0.4 is 16.3 Å². The number of nitrogens with one attached hydrogen (secondary N) is 1. The fraction of sp³-hybridized carbons (Fsp3) is 0.263. The van der Waals surface area contributed by atoms with Gasteiger partial charge in [0.05, 0.1) is 11.3 Å². The lowest BCUT2D eigenvalue weighted by molar-refractivity contribution is 0.1000. The van der Waals surface area contributed by atoms with E-state index in [-0.39, 0.29) is 11.6 Å². The second kappa shape index (κ2) is 7.06. The standard InChI is InChI=1S/C19H20N6O2/c20-17(26)13-8-9-16(21-11-13)24-10-4-5-14(12-24)18-22-23-19(27)25(18)15-6-2-1-3-7-15/h1-3,6-9,11,14H,4-5,10,12H2,(H2,20,26)(H,23,27)/t14-/m1/s1. The summed E-state index contributed by atoms with van der Waals surface area (Å²) in [5.74, 6) is 1.11. The van der Waals surface area contributed by atoms with Crippen molar-refractivity contribution in [2.75, 3.05) is 18.0 Å².